The number of nitrogens with zero attached hydrogens (tertiary/aromatic N) is 3. The Kier molecular flexibility index (Phi) is 2.78. The summed E-state index contributed by atoms with van der Waals surface area (Å²) in [6.07, 6.45) is 4.13. The van der Waals surface area contributed by atoms with E-state index in [4.69, 9.17) is 5.26 Å². The van der Waals surface area contributed by atoms with Gasteiger partial charge in [0, 0.05) is 0 Å². The molecule has 2 fully saturated rings. The highest BCUT2D eigenvalue weighted by Gasteiger charge is 2.35. The van der Waals surface area contributed by atoms with Crippen molar-refractivity contribution >= 4 is 6.03 Å². The molecule has 5 heteroatoms. The molecule has 2 heterocycles. The van der Waals surface area contributed by atoms with Gasteiger partial charge in [0.05, 0.1) is 12.6 Å². The van der Waals surface area contributed by atoms with Crippen LogP contribution in [0.2, 0.25) is 0 Å². The molecule has 0 bridgehead atoms. The number of amides is 2. The number of nitriles is 1. The lowest BCUT2D eigenvalue weighted by molar-refractivity contribution is 0.193. The van der Waals surface area contributed by atoms with Gasteiger partial charge in [-0.05, 0) is 38.9 Å². The number of piperidine rings is 1. The molecule has 1 atom stereocenters. The Bertz CT molecular complexity index is 290. The van der Waals surface area contributed by atoms with Gasteiger partial charge in [-0.25, -0.2) is 9.69 Å². The molecular weight excluding hydrogens is 192 g/mol. The fourth-order valence-electron chi connectivity index (χ4n) is 2.35. The van der Waals surface area contributed by atoms with Gasteiger partial charge in [0.25, 0.3) is 0 Å². The molecule has 0 aromatic heterocycles. The van der Waals surface area contributed by atoms with Crippen molar-refractivity contribution in [3.63, 3.8) is 0 Å². The molecule has 0 aromatic carbocycles. The van der Waals surface area contributed by atoms with E-state index < -0.39 is 0 Å². The van der Waals surface area contributed by atoms with E-state index in [1.54, 1.807) is 0 Å². The Labute approximate surface area is 89.6 Å². The first-order valence-electron chi connectivity index (χ1n) is 5.37. The maximum absolute atomic E-state index is 11.3. The standard InChI is InChI=1S/C10H16N4O/c1-13-4-2-8(3-5-13)9-6-14(7-11)10(15)12-9/h8-9H,2-6H2,1H3,(H,12,15). The summed E-state index contributed by atoms with van der Waals surface area (Å²) in [4.78, 5) is 14.8. The average molecular weight is 208 g/mol. The largest absolute Gasteiger partial charge is 0.332 e. The van der Waals surface area contributed by atoms with Crippen LogP contribution in [0.15, 0.2) is 0 Å². The summed E-state index contributed by atoms with van der Waals surface area (Å²) in [5, 5.41) is 11.6. The fraction of sp³-hybridized carbons (Fsp3) is 0.800. The predicted molar refractivity (Wildman–Crippen MR) is 54.9 cm³/mol. The van der Waals surface area contributed by atoms with Crippen molar-refractivity contribution in [1.29, 1.82) is 5.26 Å². The Hall–Kier alpha value is -1.28. The second-order valence-electron chi connectivity index (χ2n) is 4.41. The predicted octanol–water partition coefficient (Wildman–Crippen LogP) is 0.203. The zero-order valence-corrected chi connectivity index (χ0v) is 8.94. The first-order valence-corrected chi connectivity index (χ1v) is 5.37. The van der Waals surface area contributed by atoms with Gasteiger partial charge < -0.3 is 10.2 Å². The van der Waals surface area contributed by atoms with Crippen LogP contribution in [0, 0.1) is 17.4 Å². The lowest BCUT2D eigenvalue weighted by atomic mass is 9.90. The summed E-state index contributed by atoms with van der Waals surface area (Å²) < 4.78 is 0. The highest BCUT2D eigenvalue weighted by Crippen LogP contribution is 2.22. The molecule has 82 valence electrons. The van der Waals surface area contributed by atoms with Gasteiger partial charge in [-0.15, -0.1) is 0 Å². The minimum absolute atomic E-state index is 0.172. The first-order chi connectivity index (χ1) is 7.20. The highest BCUT2D eigenvalue weighted by atomic mass is 16.2. The highest BCUT2D eigenvalue weighted by molar-refractivity contribution is 5.78. The van der Waals surface area contributed by atoms with Crippen molar-refractivity contribution in [3.05, 3.63) is 0 Å². The molecule has 0 radical (unpaired) electrons. The molecular formula is C10H16N4O. The molecule has 1 unspecified atom stereocenters. The Balaban J connectivity index is 1.91. The molecule has 0 spiro atoms. The van der Waals surface area contributed by atoms with Gasteiger partial charge in [0.2, 0.25) is 0 Å². The summed E-state index contributed by atoms with van der Waals surface area (Å²) in [7, 11) is 2.12. The van der Waals surface area contributed by atoms with Gasteiger partial charge in [-0.2, -0.15) is 5.26 Å². The number of carbonyl (C=O) groups excluding carboxylic acids is 1. The van der Waals surface area contributed by atoms with Crippen molar-refractivity contribution in [2.24, 2.45) is 5.92 Å². The Morgan fingerprint density at radius 2 is 2.13 bits per heavy atom. The van der Waals surface area contributed by atoms with E-state index in [2.05, 4.69) is 17.3 Å². The third-order valence-corrected chi connectivity index (χ3v) is 3.39. The van der Waals surface area contributed by atoms with Gasteiger partial charge >= 0.3 is 6.03 Å². The van der Waals surface area contributed by atoms with Gasteiger partial charge in [0.15, 0.2) is 6.19 Å². The van der Waals surface area contributed by atoms with E-state index in [1.165, 1.54) is 4.90 Å². The van der Waals surface area contributed by atoms with Crippen LogP contribution < -0.4 is 5.32 Å². The van der Waals surface area contributed by atoms with Crippen LogP contribution in [0.4, 0.5) is 4.79 Å². The number of urea groups is 1. The van der Waals surface area contributed by atoms with Crippen molar-refractivity contribution in [1.82, 2.24) is 15.1 Å². The molecule has 15 heavy (non-hydrogen) atoms. The second kappa shape index (κ2) is 4.07. The molecule has 1 N–H and O–H groups in total. The van der Waals surface area contributed by atoms with E-state index in [9.17, 15) is 4.79 Å². The molecule has 0 aliphatic carbocycles. The van der Waals surface area contributed by atoms with Crippen LogP contribution in [0.1, 0.15) is 12.8 Å². The molecule has 2 aliphatic heterocycles. The molecule has 2 rings (SSSR count). The van der Waals surface area contributed by atoms with Crippen LogP contribution in [0.5, 0.6) is 0 Å². The van der Waals surface area contributed by atoms with E-state index in [1.807, 2.05) is 6.19 Å². The summed E-state index contributed by atoms with van der Waals surface area (Å²) in [5.74, 6) is 0.531. The number of likely N-dealkylation sites (tertiary alicyclic amines) is 1. The first kappa shape index (κ1) is 10.2. The molecule has 0 saturated carbocycles. The van der Waals surface area contributed by atoms with Crippen molar-refractivity contribution in [2.45, 2.75) is 18.9 Å². The van der Waals surface area contributed by atoms with Gasteiger partial charge in [-0.3, -0.25) is 0 Å². The monoisotopic (exact) mass is 208 g/mol. The zero-order chi connectivity index (χ0) is 10.8. The Morgan fingerprint density at radius 3 is 2.67 bits per heavy atom. The average Bonchev–Trinajstić information content (AvgIpc) is 2.61. The quantitative estimate of drug-likeness (QED) is 0.626. The second-order valence-corrected chi connectivity index (χ2v) is 4.41. The zero-order valence-electron chi connectivity index (χ0n) is 8.94. The fourth-order valence-corrected chi connectivity index (χ4v) is 2.35. The number of hydrogen-bond acceptors (Lipinski definition) is 3. The smallest absolute Gasteiger partial charge is 0.330 e. The summed E-state index contributed by atoms with van der Waals surface area (Å²) in [5.41, 5.74) is 0. The maximum atomic E-state index is 11.3. The van der Waals surface area contributed by atoms with Gasteiger partial charge in [0.1, 0.15) is 0 Å². The summed E-state index contributed by atoms with van der Waals surface area (Å²) in [6, 6.07) is -0.0627. The van der Waals surface area contributed by atoms with E-state index in [-0.39, 0.29) is 12.1 Å². The van der Waals surface area contributed by atoms with E-state index >= 15 is 0 Å². The van der Waals surface area contributed by atoms with Crippen LogP contribution in [-0.2, 0) is 0 Å². The lowest BCUT2D eigenvalue weighted by Crippen LogP contribution is -2.41. The van der Waals surface area contributed by atoms with E-state index in [0.717, 1.165) is 25.9 Å². The lowest BCUT2D eigenvalue weighted by Gasteiger charge is -2.31. The van der Waals surface area contributed by atoms with Crippen LogP contribution in [0.25, 0.3) is 0 Å². The Morgan fingerprint density at radius 1 is 1.47 bits per heavy atom. The third kappa shape index (κ3) is 2.05. The van der Waals surface area contributed by atoms with Crippen molar-refractivity contribution in [3.8, 4) is 6.19 Å². The number of carbonyl (C=O) groups is 1. The molecule has 5 nitrogen and oxygen atoms in total. The van der Waals surface area contributed by atoms with Crippen LogP contribution in [0.3, 0.4) is 0 Å². The summed E-state index contributed by atoms with van der Waals surface area (Å²) >= 11 is 0. The minimum Gasteiger partial charge on any atom is -0.332 e. The molecule has 0 aromatic rings. The SMILES string of the molecule is CN1CCC(C2CN(C#N)C(=O)N2)CC1. The van der Waals surface area contributed by atoms with Crippen LogP contribution in [-0.4, -0.2) is 48.6 Å². The van der Waals surface area contributed by atoms with Gasteiger partial charge in [-0.1, -0.05) is 0 Å². The van der Waals surface area contributed by atoms with Crippen molar-refractivity contribution < 1.29 is 4.79 Å². The topological polar surface area (TPSA) is 59.4 Å². The summed E-state index contributed by atoms with van der Waals surface area (Å²) in [6.45, 7) is 2.72. The maximum Gasteiger partial charge on any atom is 0.330 e. The number of hydrogen-bond donors (Lipinski definition) is 1. The van der Waals surface area contributed by atoms with Crippen LogP contribution >= 0.6 is 0 Å². The minimum atomic E-state index is -0.235. The molecule has 2 aliphatic rings. The third-order valence-electron chi connectivity index (χ3n) is 3.39. The number of nitrogens with one attached hydrogen (secondary N) is 1. The van der Waals surface area contributed by atoms with E-state index in [0.29, 0.717) is 12.5 Å². The molecule has 2 saturated heterocycles. The molecule has 2 amide bonds. The number of rotatable bonds is 1. The van der Waals surface area contributed by atoms with Crippen molar-refractivity contribution in [2.75, 3.05) is 26.7 Å². The normalized spacial score (nSPS) is 28.9.